The van der Waals surface area contributed by atoms with Crippen molar-refractivity contribution in [2.45, 2.75) is 155 Å². The van der Waals surface area contributed by atoms with Crippen LogP contribution in [-0.2, 0) is 0 Å². The van der Waals surface area contributed by atoms with E-state index in [0.717, 1.165) is 8.97 Å². The lowest BCUT2D eigenvalue weighted by atomic mass is 10.1. The van der Waals surface area contributed by atoms with E-state index in [9.17, 15) is 0 Å². The Morgan fingerprint density at radius 2 is 0.444 bits per heavy atom. The number of hydrogen-bond acceptors (Lipinski definition) is 0. The van der Waals surface area contributed by atoms with Gasteiger partial charge in [0.25, 0.3) is 0 Å². The van der Waals surface area contributed by atoms with Crippen LogP contribution < -0.4 is 24.8 Å². The Bertz CT molecular complexity index is 375. The predicted octanol–water partition coefficient (Wildman–Crippen LogP) is 4.02. The molecule has 0 radical (unpaired) electrons. The first-order valence-corrected chi connectivity index (χ1v) is 15.7. The minimum atomic E-state index is 0. The molecule has 4 heteroatoms. The van der Waals surface area contributed by atoms with E-state index in [1.54, 1.807) is 0 Å². The van der Waals surface area contributed by atoms with Crippen LogP contribution in [0.5, 0.6) is 0 Å². The summed E-state index contributed by atoms with van der Waals surface area (Å²) in [5.41, 5.74) is 0. The third-order valence-corrected chi connectivity index (χ3v) is 6.86. The van der Waals surface area contributed by atoms with Gasteiger partial charge < -0.3 is 33.8 Å². The highest BCUT2D eigenvalue weighted by Crippen LogP contribution is 2.13. The van der Waals surface area contributed by atoms with E-state index < -0.39 is 0 Å². The minimum Gasteiger partial charge on any atom is -1.00 e. The molecule has 0 atom stereocenters. The summed E-state index contributed by atoms with van der Waals surface area (Å²) in [5.74, 6) is 0. The van der Waals surface area contributed by atoms with Gasteiger partial charge in [-0.05, 0) is 25.7 Å². The first-order valence-electron chi connectivity index (χ1n) is 15.7. The molecule has 0 saturated heterocycles. The summed E-state index contributed by atoms with van der Waals surface area (Å²) in [6.45, 7) is 7.24. The highest BCUT2D eigenvalue weighted by Gasteiger charge is 2.05. The van der Waals surface area contributed by atoms with E-state index in [2.05, 4.69) is 56.1 Å². The lowest BCUT2D eigenvalue weighted by molar-refractivity contribution is -0.870. The van der Waals surface area contributed by atoms with Crippen LogP contribution in [0.4, 0.5) is 0 Å². The predicted molar refractivity (Wildman–Crippen MR) is 159 cm³/mol. The summed E-state index contributed by atoms with van der Waals surface area (Å²) in [7, 11) is 13.7. The molecule has 0 aliphatic carbocycles. The summed E-state index contributed by atoms with van der Waals surface area (Å²) >= 11 is 0. The first kappa shape index (κ1) is 43.5. The molecule has 0 rings (SSSR count). The van der Waals surface area contributed by atoms with Crippen LogP contribution in [0.3, 0.4) is 0 Å². The zero-order valence-electron chi connectivity index (χ0n) is 26.6. The second-order valence-electron chi connectivity index (χ2n) is 13.1. The van der Waals surface area contributed by atoms with Crippen LogP contribution in [0.2, 0.25) is 0 Å². The fourth-order valence-electron chi connectivity index (χ4n) is 4.50. The van der Waals surface area contributed by atoms with Gasteiger partial charge in [-0.3, -0.25) is 0 Å². The molecule has 0 heterocycles. The normalized spacial score (nSPS) is 11.3. The standard InChI is InChI=1S/C17H38N.C15H34N.2ClH/c1-5-6-7-8-9-10-11-12-13-14-15-16-17-18(2,3)4;1-5-6-7-8-9-10-11-12-13-14-15-16(2,3)4;;/h5-17H2,1-4H3;5-15H2,1-4H3;2*1H/q2*+1;;/p-2. The molecule has 0 fully saturated rings. The van der Waals surface area contributed by atoms with Crippen molar-refractivity contribution < 1.29 is 33.8 Å². The molecule has 0 N–H and O–H groups in total. The Hall–Kier alpha value is 0.500. The molecule has 0 aromatic carbocycles. The van der Waals surface area contributed by atoms with Crippen molar-refractivity contribution in [1.29, 1.82) is 0 Å². The van der Waals surface area contributed by atoms with E-state index in [4.69, 9.17) is 0 Å². The summed E-state index contributed by atoms with van der Waals surface area (Å²) < 4.78 is 2.24. The third kappa shape index (κ3) is 47.7. The molecule has 0 amide bonds. The topological polar surface area (TPSA) is 0 Å². The summed E-state index contributed by atoms with van der Waals surface area (Å²) in [6, 6.07) is 0. The maximum atomic E-state index is 2.29. The van der Waals surface area contributed by atoms with E-state index in [0.29, 0.717) is 0 Å². The zero-order chi connectivity index (χ0) is 26.0. The van der Waals surface area contributed by atoms with Gasteiger partial charge in [-0.25, -0.2) is 0 Å². The average Bonchev–Trinajstić information content (AvgIpc) is 2.75. The summed E-state index contributed by atoms with van der Waals surface area (Å²) in [4.78, 5) is 0. The smallest absolute Gasteiger partial charge is 0.0780 e. The zero-order valence-corrected chi connectivity index (χ0v) is 28.1. The Morgan fingerprint density at radius 3 is 0.611 bits per heavy atom. The molecule has 0 aliphatic rings. The van der Waals surface area contributed by atoms with Crippen molar-refractivity contribution in [2.75, 3.05) is 55.4 Å². The number of quaternary nitrogens is 2. The van der Waals surface area contributed by atoms with Crippen molar-refractivity contribution in [1.82, 2.24) is 0 Å². The first-order chi connectivity index (χ1) is 16.1. The van der Waals surface area contributed by atoms with Crippen LogP contribution in [0.25, 0.3) is 0 Å². The number of rotatable bonds is 24. The molecule has 0 aliphatic heterocycles. The molecule has 0 aromatic rings. The van der Waals surface area contributed by atoms with Gasteiger partial charge >= 0.3 is 0 Å². The van der Waals surface area contributed by atoms with E-state index in [1.807, 2.05) is 0 Å². The minimum absolute atomic E-state index is 0. The van der Waals surface area contributed by atoms with E-state index >= 15 is 0 Å². The number of unbranched alkanes of at least 4 members (excludes halogenated alkanes) is 20. The maximum absolute atomic E-state index is 2.29. The maximum Gasteiger partial charge on any atom is 0.0780 e. The second kappa shape index (κ2) is 31.7. The van der Waals surface area contributed by atoms with Crippen LogP contribution in [0.15, 0.2) is 0 Å². The Kier molecular flexibility index (Phi) is 38.4. The highest BCUT2D eigenvalue weighted by molar-refractivity contribution is 4.49. The Labute approximate surface area is 243 Å². The molecular formula is C32H72Cl2N2. The van der Waals surface area contributed by atoms with Gasteiger partial charge in [-0.15, -0.1) is 0 Å². The number of halogens is 2. The fraction of sp³-hybridized carbons (Fsp3) is 1.00. The number of nitrogens with zero attached hydrogens (tertiary/aromatic N) is 2. The Morgan fingerprint density at radius 1 is 0.278 bits per heavy atom. The monoisotopic (exact) mass is 555 g/mol. The molecule has 0 bridgehead atoms. The molecule has 0 saturated carbocycles. The fourth-order valence-corrected chi connectivity index (χ4v) is 4.50. The van der Waals surface area contributed by atoms with Gasteiger partial charge in [0.05, 0.1) is 55.4 Å². The molecule has 2 nitrogen and oxygen atoms in total. The van der Waals surface area contributed by atoms with Gasteiger partial charge in [0.1, 0.15) is 0 Å². The van der Waals surface area contributed by atoms with Crippen molar-refractivity contribution in [3.63, 3.8) is 0 Å². The molecule has 0 aromatic heterocycles. The number of hydrogen-bond donors (Lipinski definition) is 0. The molecular weight excluding hydrogens is 483 g/mol. The van der Waals surface area contributed by atoms with E-state index in [1.165, 1.54) is 154 Å². The van der Waals surface area contributed by atoms with Crippen LogP contribution >= 0.6 is 0 Å². The Balaban J connectivity index is -0.000000271. The quantitative estimate of drug-likeness (QED) is 0.125. The lowest BCUT2D eigenvalue weighted by Gasteiger charge is -2.23. The van der Waals surface area contributed by atoms with Gasteiger partial charge in [-0.1, -0.05) is 129 Å². The average molecular weight is 556 g/mol. The third-order valence-electron chi connectivity index (χ3n) is 6.86. The van der Waals surface area contributed by atoms with Crippen molar-refractivity contribution in [3.8, 4) is 0 Å². The van der Waals surface area contributed by atoms with Crippen LogP contribution in [0, 0.1) is 0 Å². The lowest BCUT2D eigenvalue weighted by Crippen LogP contribution is -3.00. The molecule has 224 valence electrons. The SMILES string of the molecule is CCCCCCCCCCCCCC[N+](C)(C)C.CCCCCCCCCCCC[N+](C)(C)C.[Cl-].[Cl-]. The molecule has 36 heavy (non-hydrogen) atoms. The summed E-state index contributed by atoms with van der Waals surface area (Å²) in [6.07, 6.45) is 31.8. The summed E-state index contributed by atoms with van der Waals surface area (Å²) in [5, 5.41) is 0. The van der Waals surface area contributed by atoms with Crippen LogP contribution in [0.1, 0.15) is 155 Å². The van der Waals surface area contributed by atoms with Crippen LogP contribution in [-0.4, -0.2) is 64.3 Å². The van der Waals surface area contributed by atoms with Gasteiger partial charge in [-0.2, -0.15) is 0 Å². The van der Waals surface area contributed by atoms with Gasteiger partial charge in [0.2, 0.25) is 0 Å². The second-order valence-corrected chi connectivity index (χ2v) is 13.1. The highest BCUT2D eigenvalue weighted by atomic mass is 35.5. The van der Waals surface area contributed by atoms with E-state index in [-0.39, 0.29) is 24.8 Å². The van der Waals surface area contributed by atoms with Crippen molar-refractivity contribution in [2.24, 2.45) is 0 Å². The van der Waals surface area contributed by atoms with Crippen molar-refractivity contribution in [3.05, 3.63) is 0 Å². The largest absolute Gasteiger partial charge is 1.00 e. The van der Waals surface area contributed by atoms with Gasteiger partial charge in [0, 0.05) is 0 Å². The van der Waals surface area contributed by atoms with Gasteiger partial charge in [0.15, 0.2) is 0 Å². The molecule has 0 spiro atoms. The van der Waals surface area contributed by atoms with Crippen molar-refractivity contribution >= 4 is 0 Å². The molecule has 0 unspecified atom stereocenters.